The van der Waals surface area contributed by atoms with Crippen LogP contribution in [0.25, 0.3) is 5.69 Å². The molecular weight excluding hydrogens is 290 g/mol. The average molecular weight is 313 g/mol. The molecule has 1 saturated heterocycles. The van der Waals surface area contributed by atoms with Crippen molar-refractivity contribution >= 4 is 5.91 Å². The Balaban J connectivity index is 1.62. The van der Waals surface area contributed by atoms with E-state index >= 15 is 0 Å². The monoisotopic (exact) mass is 313 g/mol. The van der Waals surface area contributed by atoms with E-state index in [4.69, 9.17) is 0 Å². The Kier molecular flexibility index (Phi) is 4.43. The Morgan fingerprint density at radius 1 is 1.39 bits per heavy atom. The van der Waals surface area contributed by atoms with E-state index in [1.807, 2.05) is 30.3 Å². The summed E-state index contributed by atoms with van der Waals surface area (Å²) in [5, 5.41) is 14.9. The van der Waals surface area contributed by atoms with Gasteiger partial charge < -0.3 is 10.6 Å². The van der Waals surface area contributed by atoms with Crippen molar-refractivity contribution in [2.75, 3.05) is 13.1 Å². The van der Waals surface area contributed by atoms with Gasteiger partial charge in [0.2, 0.25) is 0 Å². The van der Waals surface area contributed by atoms with Crippen molar-refractivity contribution in [3.05, 3.63) is 42.2 Å². The highest BCUT2D eigenvalue weighted by molar-refractivity contribution is 5.91. The van der Waals surface area contributed by atoms with Crippen LogP contribution in [0, 0.1) is 5.41 Å². The minimum Gasteiger partial charge on any atom is -0.349 e. The number of nitrogens with one attached hydrogen (secondary N) is 2. The molecule has 1 fully saturated rings. The van der Waals surface area contributed by atoms with Gasteiger partial charge in [-0.3, -0.25) is 4.79 Å². The molecule has 6 nitrogen and oxygen atoms in total. The molecule has 0 spiro atoms. The maximum absolute atomic E-state index is 12.3. The first-order chi connectivity index (χ1) is 11.1. The fourth-order valence-corrected chi connectivity index (χ4v) is 2.96. The average Bonchev–Trinajstić information content (AvgIpc) is 3.04. The summed E-state index contributed by atoms with van der Waals surface area (Å²) in [6, 6.07) is 9.83. The lowest BCUT2D eigenvalue weighted by atomic mass is 9.77. The molecule has 0 aliphatic carbocycles. The normalized spacial score (nSPS) is 20.2. The summed E-state index contributed by atoms with van der Waals surface area (Å²) in [6.45, 7) is 6.08. The van der Waals surface area contributed by atoms with Gasteiger partial charge in [-0.15, -0.1) is 5.10 Å². The fourth-order valence-electron chi connectivity index (χ4n) is 2.96. The predicted octanol–water partition coefficient (Wildman–Crippen LogP) is 1.78. The van der Waals surface area contributed by atoms with Crippen LogP contribution in [0.1, 0.15) is 37.2 Å². The van der Waals surface area contributed by atoms with Gasteiger partial charge in [-0.25, -0.2) is 0 Å². The Morgan fingerprint density at radius 3 is 2.91 bits per heavy atom. The minimum absolute atomic E-state index is 0.185. The highest BCUT2D eigenvalue weighted by atomic mass is 16.2. The van der Waals surface area contributed by atoms with E-state index in [0.717, 1.165) is 12.2 Å². The Labute approximate surface area is 136 Å². The molecule has 0 saturated carbocycles. The summed E-state index contributed by atoms with van der Waals surface area (Å²) in [7, 11) is 0. The summed E-state index contributed by atoms with van der Waals surface area (Å²) < 4.78 is 0. The van der Waals surface area contributed by atoms with E-state index in [0.29, 0.717) is 12.2 Å². The first-order valence-electron chi connectivity index (χ1n) is 8.06. The van der Waals surface area contributed by atoms with Crippen LogP contribution in [0.3, 0.4) is 0 Å². The van der Waals surface area contributed by atoms with Gasteiger partial charge in [-0.2, -0.15) is 9.90 Å². The number of benzene rings is 1. The van der Waals surface area contributed by atoms with Gasteiger partial charge >= 0.3 is 0 Å². The molecule has 122 valence electrons. The summed E-state index contributed by atoms with van der Waals surface area (Å²) >= 11 is 0. The van der Waals surface area contributed by atoms with Gasteiger partial charge in [-0.1, -0.05) is 32.0 Å². The lowest BCUT2D eigenvalue weighted by Gasteiger charge is -2.39. The van der Waals surface area contributed by atoms with E-state index in [2.05, 4.69) is 34.7 Å². The number of hydrogen-bond acceptors (Lipinski definition) is 4. The third kappa shape index (κ3) is 3.59. The topological polar surface area (TPSA) is 71.8 Å². The summed E-state index contributed by atoms with van der Waals surface area (Å²) in [5.41, 5.74) is 1.36. The molecule has 2 heterocycles. The third-order valence-electron chi connectivity index (χ3n) is 4.51. The summed E-state index contributed by atoms with van der Waals surface area (Å²) in [4.78, 5) is 13.8. The molecule has 1 aromatic carbocycles. The van der Waals surface area contributed by atoms with Crippen molar-refractivity contribution in [1.82, 2.24) is 25.6 Å². The van der Waals surface area contributed by atoms with Crippen molar-refractivity contribution in [2.24, 2.45) is 5.41 Å². The summed E-state index contributed by atoms with van der Waals surface area (Å²) in [6.07, 6.45) is 3.86. The Hall–Kier alpha value is -2.21. The number of para-hydroxylation sites is 1. The van der Waals surface area contributed by atoms with Crippen LogP contribution in [0.15, 0.2) is 36.5 Å². The van der Waals surface area contributed by atoms with Gasteiger partial charge in [0, 0.05) is 12.6 Å². The van der Waals surface area contributed by atoms with E-state index in [1.165, 1.54) is 23.8 Å². The number of piperidine rings is 1. The van der Waals surface area contributed by atoms with Crippen molar-refractivity contribution in [3.8, 4) is 5.69 Å². The lowest BCUT2D eigenvalue weighted by Crippen LogP contribution is -2.52. The van der Waals surface area contributed by atoms with Crippen LogP contribution >= 0.6 is 0 Å². The number of amides is 1. The standard InChI is InChI=1S/C17H23N5O/c1-17(2)9-6-10-18-15(17)12-19-16(23)14-11-20-22(21-14)13-7-4-3-5-8-13/h3-5,7-8,11,15,18H,6,9-10,12H2,1-2H3,(H,19,23). The zero-order chi connectivity index (χ0) is 16.3. The predicted molar refractivity (Wildman–Crippen MR) is 88.5 cm³/mol. The molecule has 1 aromatic heterocycles. The lowest BCUT2D eigenvalue weighted by molar-refractivity contribution is 0.0923. The van der Waals surface area contributed by atoms with Crippen LogP contribution < -0.4 is 10.6 Å². The second kappa shape index (κ2) is 6.50. The van der Waals surface area contributed by atoms with Crippen LogP contribution in [-0.2, 0) is 0 Å². The maximum Gasteiger partial charge on any atom is 0.273 e. The Morgan fingerprint density at radius 2 is 2.17 bits per heavy atom. The van der Waals surface area contributed by atoms with Gasteiger partial charge in [0.15, 0.2) is 5.69 Å². The van der Waals surface area contributed by atoms with Crippen molar-refractivity contribution in [1.29, 1.82) is 0 Å². The molecule has 1 amide bonds. The number of nitrogens with zero attached hydrogens (tertiary/aromatic N) is 3. The fraction of sp³-hybridized carbons (Fsp3) is 0.471. The maximum atomic E-state index is 12.3. The van der Waals surface area contributed by atoms with Crippen molar-refractivity contribution in [2.45, 2.75) is 32.7 Å². The summed E-state index contributed by atoms with van der Waals surface area (Å²) in [5.74, 6) is -0.185. The molecular formula is C17H23N5O. The quantitative estimate of drug-likeness (QED) is 0.902. The number of hydrogen-bond donors (Lipinski definition) is 2. The number of carbonyl (C=O) groups excluding carboxylic acids is 1. The Bertz CT molecular complexity index is 665. The van der Waals surface area contributed by atoms with E-state index in [1.54, 1.807) is 0 Å². The van der Waals surface area contributed by atoms with Crippen molar-refractivity contribution in [3.63, 3.8) is 0 Å². The molecule has 3 rings (SSSR count). The molecule has 1 atom stereocenters. The van der Waals surface area contributed by atoms with Crippen LogP contribution in [0.5, 0.6) is 0 Å². The highest BCUT2D eigenvalue weighted by Gasteiger charge is 2.32. The number of rotatable bonds is 4. The van der Waals surface area contributed by atoms with Gasteiger partial charge in [0.25, 0.3) is 5.91 Å². The van der Waals surface area contributed by atoms with Crippen molar-refractivity contribution < 1.29 is 4.79 Å². The zero-order valence-corrected chi connectivity index (χ0v) is 13.6. The number of carbonyl (C=O) groups is 1. The van der Waals surface area contributed by atoms with E-state index in [9.17, 15) is 4.79 Å². The first kappa shape index (κ1) is 15.7. The second-order valence-electron chi connectivity index (χ2n) is 6.66. The largest absolute Gasteiger partial charge is 0.349 e. The van der Waals surface area contributed by atoms with E-state index in [-0.39, 0.29) is 17.4 Å². The van der Waals surface area contributed by atoms with Gasteiger partial charge in [0.05, 0.1) is 11.9 Å². The molecule has 23 heavy (non-hydrogen) atoms. The molecule has 1 unspecified atom stereocenters. The molecule has 1 aliphatic heterocycles. The molecule has 6 heteroatoms. The molecule has 2 N–H and O–H groups in total. The van der Waals surface area contributed by atoms with Gasteiger partial charge in [-0.05, 0) is 36.9 Å². The van der Waals surface area contributed by atoms with Crippen LogP contribution in [-0.4, -0.2) is 40.0 Å². The zero-order valence-electron chi connectivity index (χ0n) is 13.6. The minimum atomic E-state index is -0.185. The SMILES string of the molecule is CC1(C)CCCNC1CNC(=O)c1cnn(-c2ccccc2)n1. The first-order valence-corrected chi connectivity index (χ1v) is 8.06. The number of aromatic nitrogens is 3. The third-order valence-corrected chi connectivity index (χ3v) is 4.51. The van der Waals surface area contributed by atoms with Gasteiger partial charge in [0.1, 0.15) is 0 Å². The molecule has 1 aliphatic rings. The van der Waals surface area contributed by atoms with Crippen LogP contribution in [0.4, 0.5) is 0 Å². The second-order valence-corrected chi connectivity index (χ2v) is 6.66. The van der Waals surface area contributed by atoms with Crippen LogP contribution in [0.2, 0.25) is 0 Å². The molecule has 0 radical (unpaired) electrons. The molecule has 2 aromatic rings. The van der Waals surface area contributed by atoms with E-state index < -0.39 is 0 Å². The smallest absolute Gasteiger partial charge is 0.273 e. The molecule has 0 bridgehead atoms. The highest BCUT2D eigenvalue weighted by Crippen LogP contribution is 2.29.